The predicted octanol–water partition coefficient (Wildman–Crippen LogP) is 4.80. The van der Waals surface area contributed by atoms with Crippen molar-refractivity contribution in [3.8, 4) is 11.5 Å². The van der Waals surface area contributed by atoms with Crippen LogP contribution in [0.15, 0.2) is 18.5 Å². The number of carbonyl (C=O) groups excluding carboxylic acids is 1. The Morgan fingerprint density at radius 2 is 1.31 bits per heavy atom. The number of halogens is 13. The molecular formula is C18H18F13N2O3+. The minimum absolute atomic E-state index is 0.139. The lowest BCUT2D eigenvalue weighted by Gasteiger charge is -2.36. The topological polar surface area (TPSA) is 73.4 Å². The Bertz CT molecular complexity index is 920. The first kappa shape index (κ1) is 31.3. The highest BCUT2D eigenvalue weighted by molar-refractivity contribution is 5.75. The van der Waals surface area contributed by atoms with Crippen LogP contribution in [0.25, 0.3) is 0 Å². The molecule has 1 aromatic rings. The zero-order chi connectivity index (χ0) is 28.4. The quantitative estimate of drug-likeness (QED) is 0.256. The molecule has 0 aliphatic rings. The SMILES string of the molecule is O=C(CCC(F)(F)C(F)(F)CC(F)(F)C(F)(F)C(F)(F)CC(F)(F)F)NCC[n+]1ccc(O)c(O)c1. The first-order valence-corrected chi connectivity index (χ1v) is 9.58. The van der Waals surface area contributed by atoms with Crippen molar-refractivity contribution in [2.45, 2.75) is 68.0 Å². The Morgan fingerprint density at radius 3 is 1.81 bits per heavy atom. The molecule has 1 rings (SSSR count). The first-order chi connectivity index (χ1) is 15.9. The fourth-order valence-corrected chi connectivity index (χ4v) is 2.67. The zero-order valence-corrected chi connectivity index (χ0v) is 17.6. The average molecular weight is 557 g/mol. The number of hydrogen-bond donors (Lipinski definition) is 3. The zero-order valence-electron chi connectivity index (χ0n) is 17.6. The highest BCUT2D eigenvalue weighted by Crippen LogP contribution is 2.55. The Labute approximate surface area is 193 Å². The number of amides is 1. The van der Waals surface area contributed by atoms with E-state index in [1.165, 1.54) is 10.8 Å². The second-order valence-electron chi connectivity index (χ2n) is 7.66. The fraction of sp³-hybridized carbons (Fsp3) is 0.667. The number of nitrogens with one attached hydrogen (secondary N) is 1. The molecule has 1 amide bonds. The summed E-state index contributed by atoms with van der Waals surface area (Å²) in [4.78, 5) is 11.6. The summed E-state index contributed by atoms with van der Waals surface area (Å²) in [5, 5.41) is 20.4. The molecular weight excluding hydrogens is 539 g/mol. The summed E-state index contributed by atoms with van der Waals surface area (Å²) in [5.74, 6) is -34.5. The fourth-order valence-electron chi connectivity index (χ4n) is 2.67. The average Bonchev–Trinajstić information content (AvgIpc) is 2.66. The molecule has 0 spiro atoms. The molecule has 1 heterocycles. The van der Waals surface area contributed by atoms with Gasteiger partial charge in [-0.3, -0.25) is 4.79 Å². The Morgan fingerprint density at radius 1 is 0.778 bits per heavy atom. The Kier molecular flexibility index (Phi) is 9.01. The lowest BCUT2D eigenvalue weighted by molar-refractivity contribution is -0.695. The summed E-state index contributed by atoms with van der Waals surface area (Å²) in [6, 6.07) is 1.04. The number of hydrogen-bond acceptors (Lipinski definition) is 3. The van der Waals surface area contributed by atoms with Crippen LogP contribution in [0.1, 0.15) is 25.7 Å². The second kappa shape index (κ2) is 10.4. The molecule has 0 saturated heterocycles. The van der Waals surface area contributed by atoms with Crippen LogP contribution in [0, 0.1) is 0 Å². The van der Waals surface area contributed by atoms with E-state index in [1.54, 1.807) is 0 Å². The van der Waals surface area contributed by atoms with Crippen molar-refractivity contribution in [1.29, 1.82) is 0 Å². The summed E-state index contributed by atoms with van der Waals surface area (Å²) < 4.78 is 172. The minimum Gasteiger partial charge on any atom is -0.504 e. The number of alkyl halides is 13. The van der Waals surface area contributed by atoms with Gasteiger partial charge in [-0.25, -0.2) is 0 Å². The van der Waals surface area contributed by atoms with Crippen molar-refractivity contribution < 1.29 is 76.7 Å². The van der Waals surface area contributed by atoms with Gasteiger partial charge in [-0.2, -0.15) is 61.6 Å². The highest BCUT2D eigenvalue weighted by atomic mass is 19.4. The predicted molar refractivity (Wildman–Crippen MR) is 92.2 cm³/mol. The number of pyridine rings is 1. The highest BCUT2D eigenvalue weighted by Gasteiger charge is 2.76. The van der Waals surface area contributed by atoms with Crippen molar-refractivity contribution in [3.63, 3.8) is 0 Å². The molecule has 0 saturated carbocycles. The van der Waals surface area contributed by atoms with E-state index in [9.17, 15) is 67.0 Å². The van der Waals surface area contributed by atoms with E-state index in [0.29, 0.717) is 0 Å². The van der Waals surface area contributed by atoms with Gasteiger partial charge >= 0.3 is 35.8 Å². The van der Waals surface area contributed by atoms with Gasteiger partial charge in [0.2, 0.25) is 17.9 Å². The maximum absolute atomic E-state index is 13.8. The molecule has 0 aromatic carbocycles. The van der Waals surface area contributed by atoms with Crippen LogP contribution >= 0.6 is 0 Å². The van der Waals surface area contributed by atoms with Crippen LogP contribution in [0.4, 0.5) is 57.1 Å². The van der Waals surface area contributed by atoms with E-state index in [0.717, 1.165) is 12.3 Å². The minimum atomic E-state index is -7.08. The maximum atomic E-state index is 13.8. The smallest absolute Gasteiger partial charge is 0.395 e. The molecule has 3 N–H and O–H groups in total. The van der Waals surface area contributed by atoms with Crippen molar-refractivity contribution in [2.24, 2.45) is 0 Å². The van der Waals surface area contributed by atoms with Crippen LogP contribution in [-0.2, 0) is 11.3 Å². The summed E-state index contributed by atoms with van der Waals surface area (Å²) in [6.45, 7) is -0.492. The third-order valence-corrected chi connectivity index (χ3v) is 4.65. The summed E-state index contributed by atoms with van der Waals surface area (Å²) in [5.41, 5.74) is 0. The third-order valence-electron chi connectivity index (χ3n) is 4.65. The van der Waals surface area contributed by atoms with Gasteiger partial charge in [0.25, 0.3) is 0 Å². The van der Waals surface area contributed by atoms with E-state index in [4.69, 9.17) is 5.11 Å². The molecule has 208 valence electrons. The van der Waals surface area contributed by atoms with Crippen LogP contribution in [-0.4, -0.2) is 58.5 Å². The van der Waals surface area contributed by atoms with Gasteiger partial charge in [0.15, 0.2) is 18.5 Å². The van der Waals surface area contributed by atoms with E-state index in [-0.39, 0.29) is 13.1 Å². The Balaban J connectivity index is 2.78. The molecule has 1 aromatic heterocycles. The van der Waals surface area contributed by atoms with Crippen molar-refractivity contribution in [2.75, 3.05) is 6.54 Å². The van der Waals surface area contributed by atoms with Gasteiger partial charge in [-0.15, -0.1) is 0 Å². The summed E-state index contributed by atoms with van der Waals surface area (Å²) in [6.07, 6.45) is -15.4. The molecule has 0 aliphatic heterocycles. The van der Waals surface area contributed by atoms with Gasteiger partial charge < -0.3 is 15.5 Å². The molecule has 0 bridgehead atoms. The van der Waals surface area contributed by atoms with E-state index in [2.05, 4.69) is 0 Å². The maximum Gasteiger partial charge on any atom is 0.395 e. The molecule has 5 nitrogen and oxygen atoms in total. The summed E-state index contributed by atoms with van der Waals surface area (Å²) >= 11 is 0. The number of carbonyl (C=O) groups is 1. The second-order valence-corrected chi connectivity index (χ2v) is 7.66. The number of nitrogens with zero attached hydrogens (tertiary/aromatic N) is 1. The van der Waals surface area contributed by atoms with Crippen molar-refractivity contribution in [3.05, 3.63) is 18.5 Å². The van der Waals surface area contributed by atoms with Crippen LogP contribution in [0.2, 0.25) is 0 Å². The van der Waals surface area contributed by atoms with Crippen molar-refractivity contribution in [1.82, 2.24) is 5.32 Å². The molecule has 0 fully saturated rings. The van der Waals surface area contributed by atoms with E-state index >= 15 is 0 Å². The van der Waals surface area contributed by atoms with Gasteiger partial charge in [0.1, 0.15) is 6.42 Å². The Hall–Kier alpha value is -2.69. The molecule has 0 atom stereocenters. The molecule has 0 radical (unpaired) electrons. The number of aromatic nitrogens is 1. The third kappa shape index (κ3) is 7.65. The normalized spacial score (nSPS) is 14.1. The van der Waals surface area contributed by atoms with Crippen LogP contribution in [0.3, 0.4) is 0 Å². The molecule has 0 aliphatic carbocycles. The largest absolute Gasteiger partial charge is 0.504 e. The van der Waals surface area contributed by atoms with Gasteiger partial charge in [0.05, 0.1) is 13.0 Å². The van der Waals surface area contributed by atoms with Gasteiger partial charge in [-0.05, 0) is 0 Å². The number of rotatable bonds is 12. The van der Waals surface area contributed by atoms with Crippen LogP contribution in [0.5, 0.6) is 11.5 Å². The summed E-state index contributed by atoms with van der Waals surface area (Å²) in [7, 11) is 0. The monoisotopic (exact) mass is 557 g/mol. The lowest BCUT2D eigenvalue weighted by atomic mass is 9.92. The molecule has 0 unspecified atom stereocenters. The molecule has 36 heavy (non-hydrogen) atoms. The standard InChI is InChI=1S/C18H17F13N2O3/c19-13(20,3-1-12(36)32-4-6-33-5-2-10(34)11(35)7-33)14(21,22)8-15(23,24)18(30,31)16(25,26)9-17(27,28)29/h2,5,7H,1,3-4,6,8-9H2,(H2,32,35,36)/p+1. The first-order valence-electron chi connectivity index (χ1n) is 9.58. The van der Waals surface area contributed by atoms with Gasteiger partial charge in [-0.1, -0.05) is 0 Å². The van der Waals surface area contributed by atoms with Crippen molar-refractivity contribution >= 4 is 5.91 Å². The molecule has 18 heteroatoms. The number of aromatic hydroxyl groups is 2. The lowest BCUT2D eigenvalue weighted by Crippen LogP contribution is -2.59. The van der Waals surface area contributed by atoms with E-state index < -0.39 is 78.9 Å². The van der Waals surface area contributed by atoms with Crippen LogP contribution < -0.4 is 9.88 Å². The van der Waals surface area contributed by atoms with Gasteiger partial charge in [0, 0.05) is 18.9 Å². The van der Waals surface area contributed by atoms with E-state index in [1.807, 2.05) is 5.32 Å².